The van der Waals surface area contributed by atoms with Crippen LogP contribution in [0.4, 0.5) is 0 Å². The van der Waals surface area contributed by atoms with Crippen LogP contribution in [-0.4, -0.2) is 20.2 Å². The van der Waals surface area contributed by atoms with Crippen LogP contribution in [0.5, 0.6) is 5.75 Å². The Hall–Kier alpha value is -1.02. The maximum absolute atomic E-state index is 5.44. The zero-order valence-electron chi connectivity index (χ0n) is 12.4. The van der Waals surface area contributed by atoms with Crippen molar-refractivity contribution in [3.05, 3.63) is 29.8 Å². The third-order valence-corrected chi connectivity index (χ3v) is 3.52. The number of para-hydroxylation sites is 1. The van der Waals surface area contributed by atoms with E-state index in [0.29, 0.717) is 11.3 Å². The second-order valence-corrected chi connectivity index (χ2v) is 5.89. The Balaban J connectivity index is 2.82. The van der Waals surface area contributed by atoms with Crippen molar-refractivity contribution in [2.24, 2.45) is 11.3 Å². The maximum Gasteiger partial charge on any atom is 0.122 e. The zero-order valence-corrected chi connectivity index (χ0v) is 12.4. The van der Waals surface area contributed by atoms with Crippen LogP contribution in [-0.2, 0) is 6.42 Å². The number of rotatable bonds is 6. The van der Waals surface area contributed by atoms with Gasteiger partial charge < -0.3 is 10.1 Å². The molecule has 0 spiro atoms. The molecule has 2 nitrogen and oxygen atoms in total. The number of methoxy groups -OCH3 is 1. The summed E-state index contributed by atoms with van der Waals surface area (Å²) in [7, 11) is 1.75. The molecule has 0 aromatic heterocycles. The van der Waals surface area contributed by atoms with Crippen LogP contribution in [0.25, 0.3) is 0 Å². The molecule has 1 aromatic rings. The van der Waals surface area contributed by atoms with Gasteiger partial charge in [0.05, 0.1) is 7.11 Å². The van der Waals surface area contributed by atoms with Crippen molar-refractivity contribution >= 4 is 0 Å². The summed E-state index contributed by atoms with van der Waals surface area (Å²) in [5.41, 5.74) is 1.60. The molecule has 1 unspecified atom stereocenters. The lowest BCUT2D eigenvalue weighted by atomic mass is 9.77. The molecule has 0 amide bonds. The highest BCUT2D eigenvalue weighted by Crippen LogP contribution is 2.31. The minimum absolute atomic E-state index is 0.295. The van der Waals surface area contributed by atoms with Gasteiger partial charge in [0.2, 0.25) is 0 Å². The molecule has 0 heterocycles. The van der Waals surface area contributed by atoms with E-state index >= 15 is 0 Å². The van der Waals surface area contributed by atoms with Gasteiger partial charge in [0.1, 0.15) is 5.75 Å². The Morgan fingerprint density at radius 2 is 1.89 bits per heavy atom. The Kier molecular flexibility index (Phi) is 5.67. The third-order valence-electron chi connectivity index (χ3n) is 3.52. The van der Waals surface area contributed by atoms with Gasteiger partial charge in [-0.3, -0.25) is 0 Å². The summed E-state index contributed by atoms with van der Waals surface area (Å²) in [6.07, 6.45) is 1.06. The maximum atomic E-state index is 5.44. The van der Waals surface area contributed by atoms with Crippen molar-refractivity contribution in [2.75, 3.05) is 20.2 Å². The molecule has 0 aliphatic rings. The van der Waals surface area contributed by atoms with Crippen molar-refractivity contribution in [1.29, 1.82) is 0 Å². The van der Waals surface area contributed by atoms with E-state index in [9.17, 15) is 0 Å². The third kappa shape index (κ3) is 4.34. The Morgan fingerprint density at radius 1 is 1.22 bits per heavy atom. The van der Waals surface area contributed by atoms with Crippen LogP contribution < -0.4 is 10.1 Å². The van der Waals surface area contributed by atoms with Crippen LogP contribution >= 0.6 is 0 Å². The molecule has 1 atom stereocenters. The molecule has 1 rings (SSSR count). The smallest absolute Gasteiger partial charge is 0.122 e. The summed E-state index contributed by atoms with van der Waals surface area (Å²) in [6, 6.07) is 8.33. The lowest BCUT2D eigenvalue weighted by Crippen LogP contribution is -2.33. The molecule has 0 radical (unpaired) electrons. The van der Waals surface area contributed by atoms with E-state index in [1.54, 1.807) is 7.11 Å². The molecule has 1 aromatic carbocycles. The van der Waals surface area contributed by atoms with E-state index in [-0.39, 0.29) is 0 Å². The fourth-order valence-electron chi connectivity index (χ4n) is 2.14. The molecule has 0 aliphatic carbocycles. The molecule has 0 bridgehead atoms. The minimum atomic E-state index is 0.295. The lowest BCUT2D eigenvalue weighted by molar-refractivity contribution is 0.230. The fraction of sp³-hybridized carbons (Fsp3) is 0.625. The summed E-state index contributed by atoms with van der Waals surface area (Å²) in [6.45, 7) is 11.2. The Labute approximate surface area is 112 Å². The van der Waals surface area contributed by atoms with Crippen molar-refractivity contribution in [3.8, 4) is 5.75 Å². The topological polar surface area (TPSA) is 21.3 Å². The van der Waals surface area contributed by atoms with E-state index in [2.05, 4.69) is 45.1 Å². The zero-order chi connectivity index (χ0) is 13.6. The van der Waals surface area contributed by atoms with Crippen molar-refractivity contribution < 1.29 is 4.74 Å². The summed E-state index contributed by atoms with van der Waals surface area (Å²) >= 11 is 0. The van der Waals surface area contributed by atoms with E-state index in [1.165, 1.54) is 5.56 Å². The molecule has 0 saturated heterocycles. The fourth-order valence-corrected chi connectivity index (χ4v) is 2.14. The monoisotopic (exact) mass is 249 g/mol. The highest BCUT2D eigenvalue weighted by Gasteiger charge is 2.25. The van der Waals surface area contributed by atoms with E-state index in [4.69, 9.17) is 4.74 Å². The van der Waals surface area contributed by atoms with Gasteiger partial charge in [-0.25, -0.2) is 0 Å². The second-order valence-electron chi connectivity index (χ2n) is 5.89. The number of nitrogens with one attached hydrogen (secondary N) is 1. The van der Waals surface area contributed by atoms with Gasteiger partial charge in [0, 0.05) is 0 Å². The molecule has 0 aliphatic heterocycles. The molecule has 0 fully saturated rings. The van der Waals surface area contributed by atoms with Gasteiger partial charge in [-0.05, 0) is 42.5 Å². The van der Waals surface area contributed by atoms with Gasteiger partial charge in [-0.15, -0.1) is 0 Å². The molecule has 1 N–H and O–H groups in total. The average Bonchev–Trinajstić information content (AvgIpc) is 2.33. The SMILES string of the molecule is CCNCC(Cc1ccccc1OC)C(C)(C)C. The standard InChI is InChI=1S/C16H27NO/c1-6-17-12-14(16(2,3)4)11-13-9-7-8-10-15(13)18-5/h7-10,14,17H,6,11-12H2,1-5H3. The van der Waals surface area contributed by atoms with Crippen LogP contribution in [0.2, 0.25) is 0 Å². The van der Waals surface area contributed by atoms with Crippen molar-refractivity contribution in [2.45, 2.75) is 34.1 Å². The van der Waals surface area contributed by atoms with Gasteiger partial charge in [0.15, 0.2) is 0 Å². The summed E-state index contributed by atoms with van der Waals surface area (Å²) < 4.78 is 5.44. The molecule has 18 heavy (non-hydrogen) atoms. The first-order valence-electron chi connectivity index (χ1n) is 6.81. The number of ether oxygens (including phenoxy) is 1. The summed E-state index contributed by atoms with van der Waals surface area (Å²) in [5.74, 6) is 1.61. The summed E-state index contributed by atoms with van der Waals surface area (Å²) in [4.78, 5) is 0. The van der Waals surface area contributed by atoms with Crippen LogP contribution in [0.15, 0.2) is 24.3 Å². The number of benzene rings is 1. The minimum Gasteiger partial charge on any atom is -0.496 e. The first-order valence-corrected chi connectivity index (χ1v) is 6.81. The van der Waals surface area contributed by atoms with Gasteiger partial charge in [-0.1, -0.05) is 45.9 Å². The lowest BCUT2D eigenvalue weighted by Gasteiger charge is -2.31. The van der Waals surface area contributed by atoms with Crippen molar-refractivity contribution in [3.63, 3.8) is 0 Å². The second kappa shape index (κ2) is 6.79. The van der Waals surface area contributed by atoms with Crippen LogP contribution in [0.3, 0.4) is 0 Å². The van der Waals surface area contributed by atoms with Gasteiger partial charge >= 0.3 is 0 Å². The number of hydrogen-bond acceptors (Lipinski definition) is 2. The first kappa shape index (κ1) is 15.0. The predicted octanol–water partition coefficient (Wildman–Crippen LogP) is 3.51. The van der Waals surface area contributed by atoms with Gasteiger partial charge in [0.25, 0.3) is 0 Å². The van der Waals surface area contributed by atoms with E-state index < -0.39 is 0 Å². The Bertz CT molecular complexity index is 354. The largest absolute Gasteiger partial charge is 0.496 e. The predicted molar refractivity (Wildman–Crippen MR) is 78.2 cm³/mol. The molecule has 102 valence electrons. The average molecular weight is 249 g/mol. The molecule has 0 saturated carbocycles. The quantitative estimate of drug-likeness (QED) is 0.833. The highest BCUT2D eigenvalue weighted by molar-refractivity contribution is 5.33. The van der Waals surface area contributed by atoms with Crippen molar-refractivity contribution in [1.82, 2.24) is 5.32 Å². The first-order chi connectivity index (χ1) is 8.49. The van der Waals surface area contributed by atoms with E-state index in [1.807, 2.05) is 12.1 Å². The van der Waals surface area contributed by atoms with E-state index in [0.717, 1.165) is 25.3 Å². The van der Waals surface area contributed by atoms with Crippen LogP contribution in [0.1, 0.15) is 33.3 Å². The molecular formula is C16H27NO. The number of hydrogen-bond donors (Lipinski definition) is 1. The molecular weight excluding hydrogens is 222 g/mol. The molecule has 2 heteroatoms. The van der Waals surface area contributed by atoms with Crippen LogP contribution in [0, 0.1) is 11.3 Å². The van der Waals surface area contributed by atoms with Gasteiger partial charge in [-0.2, -0.15) is 0 Å². The highest BCUT2D eigenvalue weighted by atomic mass is 16.5. The Morgan fingerprint density at radius 3 is 2.44 bits per heavy atom. The normalized spacial score (nSPS) is 13.4. The summed E-state index contributed by atoms with van der Waals surface area (Å²) in [5, 5.41) is 3.47.